The van der Waals surface area contributed by atoms with Crippen molar-refractivity contribution >= 4 is 11.6 Å². The number of nitrogens with two attached hydrogens (primary N) is 1. The summed E-state index contributed by atoms with van der Waals surface area (Å²) in [4.78, 5) is 7.88. The summed E-state index contributed by atoms with van der Waals surface area (Å²) in [7, 11) is 0. The van der Waals surface area contributed by atoms with Crippen LogP contribution in [0.3, 0.4) is 0 Å². The first-order valence-electron chi connectivity index (χ1n) is 4.04. The fourth-order valence-electron chi connectivity index (χ4n) is 1.06. The van der Waals surface area contributed by atoms with Gasteiger partial charge < -0.3 is 11.1 Å². The lowest BCUT2D eigenvalue weighted by molar-refractivity contribution is 0.819. The Bertz CT molecular complexity index is 293. The van der Waals surface area contributed by atoms with Crippen molar-refractivity contribution < 1.29 is 0 Å². The molecule has 64 valence electrons. The summed E-state index contributed by atoms with van der Waals surface area (Å²) in [6.07, 6.45) is 3.89. The number of anilines is 2. The molecule has 4 nitrogen and oxygen atoms in total. The van der Waals surface area contributed by atoms with Crippen LogP contribution in [0.5, 0.6) is 0 Å². The number of nitrogens with one attached hydrogen (secondary N) is 1. The first-order chi connectivity index (χ1) is 5.68. The second kappa shape index (κ2) is 2.33. The lowest BCUT2D eigenvalue weighted by Gasteiger charge is -2.11. The second-order valence-corrected chi connectivity index (χ2v) is 3.51. The summed E-state index contributed by atoms with van der Waals surface area (Å²) >= 11 is 0. The highest BCUT2D eigenvalue weighted by atomic mass is 15.1. The van der Waals surface area contributed by atoms with Crippen molar-refractivity contribution in [3.05, 3.63) is 12.4 Å². The Morgan fingerprint density at radius 1 is 1.50 bits per heavy atom. The fourth-order valence-corrected chi connectivity index (χ4v) is 1.06. The normalized spacial score (nSPS) is 18.8. The van der Waals surface area contributed by atoms with Crippen LogP contribution in [0.2, 0.25) is 0 Å². The van der Waals surface area contributed by atoms with Crippen molar-refractivity contribution in [2.45, 2.75) is 25.3 Å². The largest absolute Gasteiger partial charge is 0.384 e. The predicted molar refractivity (Wildman–Crippen MR) is 47.7 cm³/mol. The molecule has 1 aromatic heterocycles. The van der Waals surface area contributed by atoms with Gasteiger partial charge in [0.15, 0.2) is 0 Å². The van der Waals surface area contributed by atoms with Crippen LogP contribution in [0.15, 0.2) is 12.4 Å². The highest BCUT2D eigenvalue weighted by Crippen LogP contribution is 2.37. The average molecular weight is 164 g/mol. The second-order valence-electron chi connectivity index (χ2n) is 3.51. The van der Waals surface area contributed by atoms with Gasteiger partial charge in [-0.25, -0.2) is 9.97 Å². The van der Waals surface area contributed by atoms with Crippen LogP contribution in [0.4, 0.5) is 11.6 Å². The Kier molecular flexibility index (Phi) is 1.43. The lowest BCUT2D eigenvalue weighted by atomic mass is 10.3. The van der Waals surface area contributed by atoms with Gasteiger partial charge in [0.25, 0.3) is 0 Å². The minimum atomic E-state index is 0.251. The van der Waals surface area contributed by atoms with E-state index in [1.165, 1.54) is 19.2 Å². The maximum atomic E-state index is 5.51. The average Bonchev–Trinajstić information content (AvgIpc) is 2.67. The van der Waals surface area contributed by atoms with E-state index in [2.05, 4.69) is 22.2 Å². The molecule has 12 heavy (non-hydrogen) atoms. The van der Waals surface area contributed by atoms with Crippen LogP contribution in [0, 0.1) is 0 Å². The summed E-state index contributed by atoms with van der Waals surface area (Å²) in [6.45, 7) is 2.17. The van der Waals surface area contributed by atoms with E-state index in [1.807, 2.05) is 0 Å². The van der Waals surface area contributed by atoms with Gasteiger partial charge in [-0.1, -0.05) is 0 Å². The molecule has 0 atom stereocenters. The minimum absolute atomic E-state index is 0.251. The Morgan fingerprint density at radius 3 is 2.83 bits per heavy atom. The van der Waals surface area contributed by atoms with Crippen LogP contribution in [-0.2, 0) is 0 Å². The van der Waals surface area contributed by atoms with Crippen molar-refractivity contribution in [2.24, 2.45) is 0 Å². The maximum absolute atomic E-state index is 5.51. The standard InChI is InChI=1S/C8H12N4/c1-8(2-3-8)12-7-4-6(9)10-5-11-7/h4-5H,2-3H2,1H3,(H3,9,10,11,12). The molecule has 0 saturated heterocycles. The van der Waals surface area contributed by atoms with E-state index in [9.17, 15) is 0 Å². The van der Waals surface area contributed by atoms with Crippen LogP contribution < -0.4 is 11.1 Å². The first kappa shape index (κ1) is 7.34. The molecule has 0 radical (unpaired) electrons. The van der Waals surface area contributed by atoms with Crippen molar-refractivity contribution in [1.82, 2.24) is 9.97 Å². The predicted octanol–water partition coefficient (Wildman–Crippen LogP) is 1.02. The van der Waals surface area contributed by atoms with Crippen LogP contribution in [-0.4, -0.2) is 15.5 Å². The lowest BCUT2D eigenvalue weighted by Crippen LogP contribution is -2.17. The molecule has 3 N–H and O–H groups in total. The highest BCUT2D eigenvalue weighted by molar-refractivity contribution is 5.46. The highest BCUT2D eigenvalue weighted by Gasteiger charge is 2.37. The molecular weight excluding hydrogens is 152 g/mol. The number of aromatic nitrogens is 2. The molecule has 0 bridgehead atoms. The third kappa shape index (κ3) is 1.47. The quantitative estimate of drug-likeness (QED) is 0.685. The molecule has 0 aliphatic heterocycles. The zero-order valence-corrected chi connectivity index (χ0v) is 7.04. The van der Waals surface area contributed by atoms with Gasteiger partial charge in [0.2, 0.25) is 0 Å². The summed E-state index contributed by atoms with van der Waals surface area (Å²) in [5, 5.41) is 3.30. The zero-order valence-electron chi connectivity index (χ0n) is 7.04. The van der Waals surface area contributed by atoms with Gasteiger partial charge >= 0.3 is 0 Å². The van der Waals surface area contributed by atoms with Crippen LogP contribution in [0.25, 0.3) is 0 Å². The van der Waals surface area contributed by atoms with Crippen molar-refractivity contribution in [3.8, 4) is 0 Å². The molecule has 0 amide bonds. The van der Waals surface area contributed by atoms with Crippen molar-refractivity contribution in [2.75, 3.05) is 11.1 Å². The van der Waals surface area contributed by atoms with Crippen molar-refractivity contribution in [1.29, 1.82) is 0 Å². The number of nitrogen functional groups attached to an aromatic ring is 1. The van der Waals surface area contributed by atoms with Gasteiger partial charge in [0.05, 0.1) is 0 Å². The molecule has 4 heteroatoms. The van der Waals surface area contributed by atoms with E-state index in [0.717, 1.165) is 5.82 Å². The third-order valence-electron chi connectivity index (χ3n) is 2.12. The Hall–Kier alpha value is -1.32. The zero-order chi connectivity index (χ0) is 8.60. The van der Waals surface area contributed by atoms with E-state index >= 15 is 0 Å². The van der Waals surface area contributed by atoms with E-state index in [0.29, 0.717) is 5.82 Å². The van der Waals surface area contributed by atoms with Gasteiger partial charge in [-0.2, -0.15) is 0 Å². The maximum Gasteiger partial charge on any atom is 0.131 e. The molecule has 1 aliphatic rings. The fraction of sp³-hybridized carbons (Fsp3) is 0.500. The third-order valence-corrected chi connectivity index (χ3v) is 2.12. The summed E-state index contributed by atoms with van der Waals surface area (Å²) in [5.41, 5.74) is 5.76. The number of hydrogen-bond donors (Lipinski definition) is 2. The van der Waals surface area contributed by atoms with Crippen LogP contribution >= 0.6 is 0 Å². The van der Waals surface area contributed by atoms with Crippen LogP contribution in [0.1, 0.15) is 19.8 Å². The first-order valence-corrected chi connectivity index (χ1v) is 4.04. The molecule has 2 rings (SSSR count). The molecule has 1 heterocycles. The molecule has 1 aromatic rings. The number of nitrogens with zero attached hydrogens (tertiary/aromatic N) is 2. The number of hydrogen-bond acceptors (Lipinski definition) is 4. The molecular formula is C8H12N4. The van der Waals surface area contributed by atoms with E-state index in [-0.39, 0.29) is 5.54 Å². The smallest absolute Gasteiger partial charge is 0.131 e. The van der Waals surface area contributed by atoms with E-state index in [1.54, 1.807) is 6.07 Å². The van der Waals surface area contributed by atoms with Crippen molar-refractivity contribution in [3.63, 3.8) is 0 Å². The molecule has 0 aromatic carbocycles. The van der Waals surface area contributed by atoms with Gasteiger partial charge in [0, 0.05) is 11.6 Å². The van der Waals surface area contributed by atoms with Gasteiger partial charge in [-0.15, -0.1) is 0 Å². The number of rotatable bonds is 2. The molecule has 0 unspecified atom stereocenters. The Morgan fingerprint density at radius 2 is 2.25 bits per heavy atom. The molecule has 1 aliphatic carbocycles. The monoisotopic (exact) mass is 164 g/mol. The summed E-state index contributed by atoms with van der Waals surface area (Å²) in [6, 6.07) is 1.75. The van der Waals surface area contributed by atoms with Gasteiger partial charge in [-0.3, -0.25) is 0 Å². The minimum Gasteiger partial charge on any atom is -0.384 e. The molecule has 0 spiro atoms. The Balaban J connectivity index is 2.12. The Labute approximate surface area is 71.2 Å². The SMILES string of the molecule is CC1(Nc2cc(N)ncn2)CC1. The van der Waals surface area contributed by atoms with Gasteiger partial charge in [0.1, 0.15) is 18.0 Å². The molecule has 1 fully saturated rings. The van der Waals surface area contributed by atoms with E-state index < -0.39 is 0 Å². The van der Waals surface area contributed by atoms with E-state index in [4.69, 9.17) is 5.73 Å². The topological polar surface area (TPSA) is 63.8 Å². The summed E-state index contributed by atoms with van der Waals surface area (Å²) in [5.74, 6) is 1.33. The van der Waals surface area contributed by atoms with Gasteiger partial charge in [-0.05, 0) is 19.8 Å². The summed E-state index contributed by atoms with van der Waals surface area (Å²) < 4.78 is 0. The molecule has 1 saturated carbocycles.